The van der Waals surface area contributed by atoms with Gasteiger partial charge in [-0.05, 0) is 48.2 Å². The van der Waals surface area contributed by atoms with Crippen LogP contribution in [0.2, 0.25) is 0 Å². The summed E-state index contributed by atoms with van der Waals surface area (Å²) in [4.78, 5) is 16.6. The molecule has 0 aliphatic heterocycles. The van der Waals surface area contributed by atoms with E-state index in [9.17, 15) is 4.79 Å². The molecule has 0 spiro atoms. The number of hydrogen-bond acceptors (Lipinski definition) is 3. The predicted molar refractivity (Wildman–Crippen MR) is 127 cm³/mol. The highest BCUT2D eigenvalue weighted by Crippen LogP contribution is 2.20. The Bertz CT molecular complexity index is 1240. The molecule has 32 heavy (non-hydrogen) atoms. The molecule has 5 heteroatoms. The molecule has 0 aliphatic rings. The molecule has 4 aromatic rings. The quantitative estimate of drug-likeness (QED) is 0.388. The van der Waals surface area contributed by atoms with Crippen LogP contribution < -0.4 is 10.6 Å². The molecule has 5 nitrogen and oxygen atoms in total. The minimum Gasteiger partial charge on any atom is -0.361 e. The zero-order valence-electron chi connectivity index (χ0n) is 18.0. The average molecular weight is 423 g/mol. The SMILES string of the molecule is C[C@@H](NC(=O)[C@H](Cc1c[nH]c2ccccc12)NCc1cccc(C#N)c1)c1ccccc1. The molecule has 3 N–H and O–H groups in total. The van der Waals surface area contributed by atoms with Crippen molar-refractivity contribution in [2.75, 3.05) is 0 Å². The van der Waals surface area contributed by atoms with E-state index in [1.165, 1.54) is 0 Å². The van der Waals surface area contributed by atoms with Gasteiger partial charge in [-0.3, -0.25) is 4.79 Å². The third kappa shape index (κ3) is 5.05. The molecule has 0 radical (unpaired) electrons. The number of para-hydroxylation sites is 1. The molecular weight excluding hydrogens is 396 g/mol. The highest BCUT2D eigenvalue weighted by Gasteiger charge is 2.22. The third-order valence-corrected chi connectivity index (χ3v) is 5.68. The number of amides is 1. The second-order valence-electron chi connectivity index (χ2n) is 7.95. The lowest BCUT2D eigenvalue weighted by Gasteiger charge is -2.22. The van der Waals surface area contributed by atoms with Crippen LogP contribution in [0.4, 0.5) is 0 Å². The first-order valence-corrected chi connectivity index (χ1v) is 10.8. The van der Waals surface area contributed by atoms with Crippen molar-refractivity contribution >= 4 is 16.8 Å². The number of fused-ring (bicyclic) bond motifs is 1. The molecule has 0 unspecified atom stereocenters. The number of hydrogen-bond donors (Lipinski definition) is 3. The Kier molecular flexibility index (Phi) is 6.64. The number of rotatable bonds is 8. The monoisotopic (exact) mass is 422 g/mol. The molecule has 0 saturated carbocycles. The van der Waals surface area contributed by atoms with E-state index in [2.05, 4.69) is 27.8 Å². The fourth-order valence-corrected chi connectivity index (χ4v) is 3.91. The number of benzene rings is 3. The minimum absolute atomic E-state index is 0.0527. The lowest BCUT2D eigenvalue weighted by Crippen LogP contribution is -2.46. The predicted octanol–water partition coefficient (Wildman–Crippen LogP) is 4.62. The van der Waals surface area contributed by atoms with Crippen LogP contribution in [0.15, 0.2) is 85.1 Å². The van der Waals surface area contributed by atoms with E-state index in [1.807, 2.05) is 79.9 Å². The van der Waals surface area contributed by atoms with E-state index in [-0.39, 0.29) is 11.9 Å². The summed E-state index contributed by atoms with van der Waals surface area (Å²) in [5, 5.41) is 16.9. The second kappa shape index (κ2) is 9.95. The van der Waals surface area contributed by atoms with Crippen LogP contribution >= 0.6 is 0 Å². The van der Waals surface area contributed by atoms with Gasteiger partial charge in [-0.25, -0.2) is 0 Å². The third-order valence-electron chi connectivity index (χ3n) is 5.68. The smallest absolute Gasteiger partial charge is 0.237 e. The first-order chi connectivity index (χ1) is 15.6. The van der Waals surface area contributed by atoms with E-state index in [0.717, 1.165) is 27.6 Å². The van der Waals surface area contributed by atoms with Crippen LogP contribution in [0.1, 0.15) is 35.2 Å². The summed E-state index contributed by atoms with van der Waals surface area (Å²) in [6.07, 6.45) is 2.53. The normalized spacial score (nSPS) is 12.8. The molecule has 1 heterocycles. The summed E-state index contributed by atoms with van der Waals surface area (Å²) in [5.41, 5.74) is 4.79. The van der Waals surface area contributed by atoms with Crippen molar-refractivity contribution in [3.63, 3.8) is 0 Å². The van der Waals surface area contributed by atoms with Gasteiger partial charge in [-0.2, -0.15) is 5.26 Å². The fraction of sp³-hybridized carbons (Fsp3) is 0.185. The highest BCUT2D eigenvalue weighted by atomic mass is 16.2. The molecular formula is C27H26N4O. The largest absolute Gasteiger partial charge is 0.361 e. The highest BCUT2D eigenvalue weighted by molar-refractivity contribution is 5.86. The van der Waals surface area contributed by atoms with Gasteiger partial charge in [0, 0.05) is 23.6 Å². The van der Waals surface area contributed by atoms with Crippen LogP contribution in [-0.4, -0.2) is 16.9 Å². The van der Waals surface area contributed by atoms with Crippen molar-refractivity contribution in [3.8, 4) is 6.07 Å². The molecule has 4 rings (SSSR count). The first-order valence-electron chi connectivity index (χ1n) is 10.8. The summed E-state index contributed by atoms with van der Waals surface area (Å²) in [7, 11) is 0. The van der Waals surface area contributed by atoms with Crippen molar-refractivity contribution in [1.29, 1.82) is 5.26 Å². The van der Waals surface area contributed by atoms with Gasteiger partial charge in [0.15, 0.2) is 0 Å². The van der Waals surface area contributed by atoms with Crippen molar-refractivity contribution in [1.82, 2.24) is 15.6 Å². The van der Waals surface area contributed by atoms with Gasteiger partial charge < -0.3 is 15.6 Å². The minimum atomic E-state index is -0.425. The number of aromatic amines is 1. The van der Waals surface area contributed by atoms with Crippen molar-refractivity contribution in [2.45, 2.75) is 32.0 Å². The van der Waals surface area contributed by atoms with Crippen LogP contribution in [0.5, 0.6) is 0 Å². The van der Waals surface area contributed by atoms with Crippen LogP contribution in [-0.2, 0) is 17.8 Å². The molecule has 1 amide bonds. The Labute approximate surface area is 188 Å². The van der Waals surface area contributed by atoms with Crippen LogP contribution in [0.3, 0.4) is 0 Å². The zero-order chi connectivity index (χ0) is 22.3. The van der Waals surface area contributed by atoms with E-state index >= 15 is 0 Å². The van der Waals surface area contributed by atoms with Gasteiger partial charge in [0.05, 0.1) is 23.7 Å². The van der Waals surface area contributed by atoms with Gasteiger partial charge in [0.1, 0.15) is 0 Å². The van der Waals surface area contributed by atoms with Crippen molar-refractivity contribution < 1.29 is 4.79 Å². The van der Waals surface area contributed by atoms with E-state index < -0.39 is 6.04 Å². The molecule has 0 aliphatic carbocycles. The molecule has 160 valence electrons. The lowest BCUT2D eigenvalue weighted by atomic mass is 10.0. The van der Waals surface area contributed by atoms with Gasteiger partial charge in [0.25, 0.3) is 0 Å². The van der Waals surface area contributed by atoms with Gasteiger partial charge >= 0.3 is 0 Å². The molecule has 3 aromatic carbocycles. The summed E-state index contributed by atoms with van der Waals surface area (Å²) in [6.45, 7) is 2.49. The first kappa shape index (κ1) is 21.4. The number of nitriles is 1. The number of carbonyl (C=O) groups is 1. The van der Waals surface area contributed by atoms with E-state index in [0.29, 0.717) is 18.5 Å². The summed E-state index contributed by atoms with van der Waals surface area (Å²) < 4.78 is 0. The number of carbonyl (C=O) groups excluding carboxylic acids is 1. The summed E-state index contributed by atoms with van der Waals surface area (Å²) >= 11 is 0. The molecule has 2 atom stereocenters. The van der Waals surface area contributed by atoms with Gasteiger partial charge in [0.2, 0.25) is 5.91 Å². The zero-order valence-corrected chi connectivity index (χ0v) is 18.0. The van der Waals surface area contributed by atoms with Crippen LogP contribution in [0, 0.1) is 11.3 Å². The Hall–Kier alpha value is -3.88. The number of H-pyrrole nitrogens is 1. The lowest BCUT2D eigenvalue weighted by molar-refractivity contribution is -0.123. The fourth-order valence-electron chi connectivity index (χ4n) is 3.91. The van der Waals surface area contributed by atoms with Gasteiger partial charge in [-0.15, -0.1) is 0 Å². The standard InChI is InChI=1S/C27H26N4O/c1-19(22-10-3-2-4-11-22)31-27(32)26(29-17-21-9-7-8-20(14-21)16-28)15-23-18-30-25-13-6-5-12-24(23)25/h2-14,18-19,26,29-30H,15,17H2,1H3,(H,31,32)/t19-,26+/m1/s1. The molecule has 0 bridgehead atoms. The van der Waals surface area contributed by atoms with E-state index in [1.54, 1.807) is 6.07 Å². The van der Waals surface area contributed by atoms with Crippen LogP contribution in [0.25, 0.3) is 10.9 Å². The van der Waals surface area contributed by atoms with E-state index in [4.69, 9.17) is 5.26 Å². The number of nitrogens with zero attached hydrogens (tertiary/aromatic N) is 1. The molecule has 0 saturated heterocycles. The Morgan fingerprint density at radius 3 is 2.62 bits per heavy atom. The second-order valence-corrected chi connectivity index (χ2v) is 7.95. The number of nitrogens with one attached hydrogen (secondary N) is 3. The van der Waals surface area contributed by atoms with Crippen molar-refractivity contribution in [3.05, 3.63) is 107 Å². The Morgan fingerprint density at radius 2 is 1.81 bits per heavy atom. The van der Waals surface area contributed by atoms with Crippen molar-refractivity contribution in [2.24, 2.45) is 0 Å². The maximum atomic E-state index is 13.3. The average Bonchev–Trinajstić information content (AvgIpc) is 3.25. The molecule has 1 aromatic heterocycles. The Balaban J connectivity index is 1.53. The summed E-state index contributed by atoms with van der Waals surface area (Å²) in [6, 6.07) is 27.1. The molecule has 0 fully saturated rings. The Morgan fingerprint density at radius 1 is 1.03 bits per heavy atom. The maximum absolute atomic E-state index is 13.3. The summed E-state index contributed by atoms with van der Waals surface area (Å²) in [5.74, 6) is -0.0527. The topological polar surface area (TPSA) is 80.7 Å². The number of aromatic nitrogens is 1. The van der Waals surface area contributed by atoms with Gasteiger partial charge in [-0.1, -0.05) is 60.7 Å². The maximum Gasteiger partial charge on any atom is 0.237 e.